The van der Waals surface area contributed by atoms with Crippen LogP contribution < -0.4 is 11.1 Å². The lowest BCUT2D eigenvalue weighted by Crippen LogP contribution is -2.35. The van der Waals surface area contributed by atoms with E-state index in [4.69, 9.17) is 5.73 Å². The summed E-state index contributed by atoms with van der Waals surface area (Å²) in [6.45, 7) is 2.70. The number of nitrogens with two attached hydrogens (primary N) is 1. The zero-order valence-electron chi connectivity index (χ0n) is 12.2. The third-order valence-corrected chi connectivity index (χ3v) is 3.21. The zero-order valence-corrected chi connectivity index (χ0v) is 12.2. The number of hydrogen-bond donors (Lipinski definition) is 2. The van der Waals surface area contributed by atoms with Crippen molar-refractivity contribution in [2.45, 2.75) is 38.8 Å². The van der Waals surface area contributed by atoms with Crippen molar-refractivity contribution in [3.05, 3.63) is 42.5 Å². The second-order valence-electron chi connectivity index (χ2n) is 5.03. The van der Waals surface area contributed by atoms with Crippen molar-refractivity contribution in [2.24, 2.45) is 5.73 Å². The van der Waals surface area contributed by atoms with Gasteiger partial charge in [-0.1, -0.05) is 31.9 Å². The topological polar surface area (TPSA) is 85.8 Å². The van der Waals surface area contributed by atoms with Crippen molar-refractivity contribution >= 4 is 11.6 Å². The van der Waals surface area contributed by atoms with Gasteiger partial charge in [0, 0.05) is 5.69 Å². The summed E-state index contributed by atoms with van der Waals surface area (Å²) in [4.78, 5) is 15.9. The van der Waals surface area contributed by atoms with Crippen LogP contribution in [0.15, 0.2) is 36.9 Å². The van der Waals surface area contributed by atoms with Crippen LogP contribution in [-0.2, 0) is 11.3 Å². The summed E-state index contributed by atoms with van der Waals surface area (Å²) >= 11 is 0. The number of rotatable bonds is 7. The van der Waals surface area contributed by atoms with Gasteiger partial charge < -0.3 is 11.1 Å². The molecule has 0 spiro atoms. The largest absolute Gasteiger partial charge is 0.325 e. The fraction of sp³-hybridized carbons (Fsp3) is 0.400. The summed E-state index contributed by atoms with van der Waals surface area (Å²) < 4.78 is 1.73. The third-order valence-electron chi connectivity index (χ3n) is 3.21. The number of nitrogens with zero attached hydrogens (tertiary/aromatic N) is 3. The molecule has 1 aromatic heterocycles. The highest BCUT2D eigenvalue weighted by atomic mass is 16.2. The highest BCUT2D eigenvalue weighted by molar-refractivity contribution is 5.94. The van der Waals surface area contributed by atoms with Gasteiger partial charge in [-0.15, -0.1) is 0 Å². The third kappa shape index (κ3) is 4.68. The van der Waals surface area contributed by atoms with Crippen molar-refractivity contribution in [3.63, 3.8) is 0 Å². The minimum absolute atomic E-state index is 0.138. The predicted molar refractivity (Wildman–Crippen MR) is 81.7 cm³/mol. The van der Waals surface area contributed by atoms with Crippen molar-refractivity contribution in [3.8, 4) is 0 Å². The Bertz CT molecular complexity index is 567. The zero-order chi connectivity index (χ0) is 15.1. The number of hydrogen-bond acceptors (Lipinski definition) is 4. The monoisotopic (exact) mass is 287 g/mol. The molecule has 0 saturated carbocycles. The quantitative estimate of drug-likeness (QED) is 0.813. The maximum Gasteiger partial charge on any atom is 0.241 e. The van der Waals surface area contributed by atoms with Crippen molar-refractivity contribution in [1.82, 2.24) is 14.8 Å². The Balaban J connectivity index is 1.96. The van der Waals surface area contributed by atoms with E-state index in [2.05, 4.69) is 22.3 Å². The normalized spacial score (nSPS) is 12.1. The standard InChI is InChI=1S/C15H21N5O/c1-2-3-7-14(16)15(21)19-13-6-4-5-12(8-13)9-20-11-17-10-18-20/h4-6,8,10-11,14H,2-3,7,9,16H2,1H3,(H,19,21). The Labute approximate surface area is 124 Å². The van der Waals surface area contributed by atoms with E-state index in [0.717, 1.165) is 24.1 Å². The van der Waals surface area contributed by atoms with Crippen molar-refractivity contribution in [1.29, 1.82) is 0 Å². The molecule has 0 saturated heterocycles. The molecule has 1 unspecified atom stereocenters. The molecule has 3 N–H and O–H groups in total. The lowest BCUT2D eigenvalue weighted by molar-refractivity contribution is -0.117. The number of amides is 1. The van der Waals surface area contributed by atoms with Crippen LogP contribution in [0.1, 0.15) is 31.7 Å². The Morgan fingerprint density at radius 1 is 1.48 bits per heavy atom. The maximum absolute atomic E-state index is 12.0. The van der Waals surface area contributed by atoms with Gasteiger partial charge in [0.2, 0.25) is 5.91 Å². The number of aromatic nitrogens is 3. The molecule has 0 radical (unpaired) electrons. The van der Waals surface area contributed by atoms with E-state index in [1.54, 1.807) is 11.0 Å². The lowest BCUT2D eigenvalue weighted by atomic mass is 10.1. The minimum atomic E-state index is -0.455. The second-order valence-corrected chi connectivity index (χ2v) is 5.03. The Morgan fingerprint density at radius 3 is 3.05 bits per heavy atom. The summed E-state index contributed by atoms with van der Waals surface area (Å²) in [5, 5.41) is 6.92. The van der Waals surface area contributed by atoms with E-state index < -0.39 is 6.04 Å². The van der Waals surface area contributed by atoms with Crippen LogP contribution in [-0.4, -0.2) is 26.7 Å². The minimum Gasteiger partial charge on any atom is -0.325 e. The molecule has 6 nitrogen and oxygen atoms in total. The van der Waals surface area contributed by atoms with E-state index >= 15 is 0 Å². The van der Waals surface area contributed by atoms with E-state index in [1.165, 1.54) is 6.33 Å². The molecule has 0 bridgehead atoms. The van der Waals surface area contributed by atoms with E-state index in [9.17, 15) is 4.79 Å². The van der Waals surface area contributed by atoms with E-state index in [0.29, 0.717) is 13.0 Å². The molecule has 6 heteroatoms. The van der Waals surface area contributed by atoms with Crippen LogP contribution in [0.5, 0.6) is 0 Å². The van der Waals surface area contributed by atoms with Gasteiger partial charge >= 0.3 is 0 Å². The molecule has 21 heavy (non-hydrogen) atoms. The Morgan fingerprint density at radius 2 is 2.33 bits per heavy atom. The fourth-order valence-corrected chi connectivity index (χ4v) is 2.04. The van der Waals surface area contributed by atoms with Gasteiger partial charge in [0.15, 0.2) is 0 Å². The lowest BCUT2D eigenvalue weighted by Gasteiger charge is -2.12. The Kier molecular flexibility index (Phi) is 5.45. The number of anilines is 1. The van der Waals surface area contributed by atoms with Gasteiger partial charge in [-0.25, -0.2) is 9.67 Å². The molecular formula is C15H21N5O. The number of carbonyl (C=O) groups is 1. The first-order valence-corrected chi connectivity index (χ1v) is 7.17. The van der Waals surface area contributed by atoms with Crippen LogP contribution >= 0.6 is 0 Å². The van der Waals surface area contributed by atoms with E-state index in [1.807, 2.05) is 24.3 Å². The molecule has 1 aromatic carbocycles. The molecule has 1 atom stereocenters. The number of benzene rings is 1. The van der Waals surface area contributed by atoms with Crippen LogP contribution in [0, 0.1) is 0 Å². The summed E-state index contributed by atoms with van der Waals surface area (Å²) in [6.07, 6.45) is 5.86. The molecule has 2 aromatic rings. The number of carbonyl (C=O) groups excluding carboxylic acids is 1. The number of unbranched alkanes of at least 4 members (excludes halogenated alkanes) is 1. The molecule has 0 fully saturated rings. The van der Waals surface area contributed by atoms with E-state index in [-0.39, 0.29) is 5.91 Å². The molecule has 2 rings (SSSR count). The molecule has 0 aliphatic carbocycles. The van der Waals surface area contributed by atoms with Crippen LogP contribution in [0.2, 0.25) is 0 Å². The van der Waals surface area contributed by atoms with Gasteiger partial charge in [0.1, 0.15) is 12.7 Å². The average Bonchev–Trinajstić information content (AvgIpc) is 2.98. The van der Waals surface area contributed by atoms with Gasteiger partial charge in [-0.3, -0.25) is 4.79 Å². The smallest absolute Gasteiger partial charge is 0.241 e. The van der Waals surface area contributed by atoms with Gasteiger partial charge in [0.05, 0.1) is 12.6 Å². The first-order valence-electron chi connectivity index (χ1n) is 7.17. The maximum atomic E-state index is 12.0. The first-order chi connectivity index (χ1) is 10.2. The van der Waals surface area contributed by atoms with Crippen molar-refractivity contribution < 1.29 is 4.79 Å². The summed E-state index contributed by atoms with van der Waals surface area (Å²) in [5.74, 6) is -0.138. The number of nitrogens with one attached hydrogen (secondary N) is 1. The first kappa shape index (κ1) is 15.2. The average molecular weight is 287 g/mol. The fourth-order valence-electron chi connectivity index (χ4n) is 2.04. The highest BCUT2D eigenvalue weighted by Crippen LogP contribution is 2.12. The second kappa shape index (κ2) is 7.54. The van der Waals surface area contributed by atoms with Crippen LogP contribution in [0.3, 0.4) is 0 Å². The molecule has 112 valence electrons. The van der Waals surface area contributed by atoms with Gasteiger partial charge in [-0.2, -0.15) is 5.10 Å². The van der Waals surface area contributed by atoms with Crippen LogP contribution in [0.4, 0.5) is 5.69 Å². The summed E-state index contributed by atoms with van der Waals surface area (Å²) in [5.41, 5.74) is 7.66. The summed E-state index contributed by atoms with van der Waals surface area (Å²) in [7, 11) is 0. The molecule has 1 amide bonds. The molecular weight excluding hydrogens is 266 g/mol. The SMILES string of the molecule is CCCCC(N)C(=O)Nc1cccc(Cn2cncn2)c1. The predicted octanol–water partition coefficient (Wildman–Crippen LogP) is 1.78. The Hall–Kier alpha value is -2.21. The van der Waals surface area contributed by atoms with Gasteiger partial charge in [-0.05, 0) is 24.1 Å². The van der Waals surface area contributed by atoms with Crippen molar-refractivity contribution in [2.75, 3.05) is 5.32 Å². The molecule has 0 aliphatic heterocycles. The molecule has 1 heterocycles. The van der Waals surface area contributed by atoms with Crippen LogP contribution in [0.25, 0.3) is 0 Å². The molecule has 0 aliphatic rings. The summed E-state index contributed by atoms with van der Waals surface area (Å²) in [6, 6.07) is 7.21. The highest BCUT2D eigenvalue weighted by Gasteiger charge is 2.12. The van der Waals surface area contributed by atoms with Gasteiger partial charge in [0.25, 0.3) is 0 Å².